The highest BCUT2D eigenvalue weighted by atomic mass is 16.5. The Morgan fingerprint density at radius 2 is 1.71 bits per heavy atom. The lowest BCUT2D eigenvalue weighted by molar-refractivity contribution is 0.287. The summed E-state index contributed by atoms with van der Waals surface area (Å²) >= 11 is 0. The highest BCUT2D eigenvalue weighted by Gasteiger charge is 2.23. The van der Waals surface area contributed by atoms with Crippen LogP contribution in [0.2, 0.25) is 0 Å². The van der Waals surface area contributed by atoms with E-state index in [0.29, 0.717) is 5.41 Å². The van der Waals surface area contributed by atoms with Gasteiger partial charge in [-0.2, -0.15) is 0 Å². The number of methoxy groups -OCH3 is 1. The third-order valence-corrected chi connectivity index (χ3v) is 3.79. The summed E-state index contributed by atoms with van der Waals surface area (Å²) in [6.07, 6.45) is 11.5. The van der Waals surface area contributed by atoms with Crippen LogP contribution in [0.3, 0.4) is 0 Å². The van der Waals surface area contributed by atoms with Gasteiger partial charge in [-0.3, -0.25) is 0 Å². The van der Waals surface area contributed by atoms with E-state index in [2.05, 4.69) is 31.2 Å². The molecule has 1 aromatic rings. The molecule has 0 heterocycles. The number of ether oxygens (including phenoxy) is 1. The summed E-state index contributed by atoms with van der Waals surface area (Å²) in [6.45, 7) is 2.38. The summed E-state index contributed by atoms with van der Waals surface area (Å²) in [5, 5.41) is 0. The van der Waals surface area contributed by atoms with E-state index >= 15 is 0 Å². The molecule has 2 rings (SSSR count). The molecule has 0 radical (unpaired) electrons. The van der Waals surface area contributed by atoms with Crippen molar-refractivity contribution in [3.63, 3.8) is 0 Å². The van der Waals surface area contributed by atoms with Crippen LogP contribution in [0.4, 0.5) is 0 Å². The SMILES string of the molecule is COc1ccc(/C=C/C2(C)CCCCC2)cc1. The van der Waals surface area contributed by atoms with Crippen molar-refractivity contribution in [1.82, 2.24) is 0 Å². The fraction of sp³-hybridized carbons (Fsp3) is 0.500. The maximum Gasteiger partial charge on any atom is 0.118 e. The first-order valence-corrected chi connectivity index (χ1v) is 6.55. The third kappa shape index (κ3) is 3.36. The molecule has 0 bridgehead atoms. The monoisotopic (exact) mass is 230 g/mol. The van der Waals surface area contributed by atoms with Gasteiger partial charge in [0.05, 0.1) is 7.11 Å². The van der Waals surface area contributed by atoms with Crippen LogP contribution in [0.25, 0.3) is 6.08 Å². The standard InChI is InChI=1S/C16H22O/c1-16(11-4-3-5-12-16)13-10-14-6-8-15(17-2)9-7-14/h6-10,13H,3-5,11-12H2,1-2H3/b13-10+. The molecule has 0 unspecified atom stereocenters. The molecule has 0 aliphatic heterocycles. The first kappa shape index (κ1) is 12.2. The highest BCUT2D eigenvalue weighted by Crippen LogP contribution is 2.37. The summed E-state index contributed by atoms with van der Waals surface area (Å²) in [5.41, 5.74) is 1.68. The summed E-state index contributed by atoms with van der Waals surface area (Å²) in [7, 11) is 1.70. The van der Waals surface area contributed by atoms with Crippen molar-refractivity contribution in [2.24, 2.45) is 5.41 Å². The lowest BCUT2D eigenvalue weighted by Crippen LogP contribution is -2.16. The minimum Gasteiger partial charge on any atom is -0.497 e. The van der Waals surface area contributed by atoms with Crippen molar-refractivity contribution in [2.45, 2.75) is 39.0 Å². The van der Waals surface area contributed by atoms with Gasteiger partial charge < -0.3 is 4.74 Å². The van der Waals surface area contributed by atoms with E-state index in [0.717, 1.165) is 5.75 Å². The molecule has 1 nitrogen and oxygen atoms in total. The van der Waals surface area contributed by atoms with Crippen molar-refractivity contribution in [3.05, 3.63) is 35.9 Å². The van der Waals surface area contributed by atoms with Crippen molar-refractivity contribution in [2.75, 3.05) is 7.11 Å². The van der Waals surface area contributed by atoms with E-state index in [1.165, 1.54) is 37.7 Å². The Bertz CT molecular complexity index is 369. The predicted molar refractivity (Wildman–Crippen MR) is 73.2 cm³/mol. The van der Waals surface area contributed by atoms with E-state index in [1.54, 1.807) is 7.11 Å². The zero-order valence-corrected chi connectivity index (χ0v) is 10.9. The molecule has 0 aromatic heterocycles. The van der Waals surface area contributed by atoms with Crippen molar-refractivity contribution in [1.29, 1.82) is 0 Å². The number of hydrogen-bond acceptors (Lipinski definition) is 1. The number of hydrogen-bond donors (Lipinski definition) is 0. The van der Waals surface area contributed by atoms with Crippen LogP contribution in [0.15, 0.2) is 30.3 Å². The second-order valence-corrected chi connectivity index (χ2v) is 5.32. The van der Waals surface area contributed by atoms with Crippen LogP contribution in [-0.2, 0) is 0 Å². The smallest absolute Gasteiger partial charge is 0.118 e. The Morgan fingerprint density at radius 1 is 1.06 bits per heavy atom. The van der Waals surface area contributed by atoms with Gasteiger partial charge in [0.2, 0.25) is 0 Å². The van der Waals surface area contributed by atoms with Crippen molar-refractivity contribution < 1.29 is 4.74 Å². The van der Waals surface area contributed by atoms with Gasteiger partial charge in [-0.25, -0.2) is 0 Å². The van der Waals surface area contributed by atoms with E-state index < -0.39 is 0 Å². The van der Waals surface area contributed by atoms with Gasteiger partial charge in [0.15, 0.2) is 0 Å². The van der Waals surface area contributed by atoms with Crippen LogP contribution in [-0.4, -0.2) is 7.11 Å². The van der Waals surface area contributed by atoms with Gasteiger partial charge in [-0.05, 0) is 36.0 Å². The van der Waals surface area contributed by atoms with Gasteiger partial charge in [-0.1, -0.05) is 50.5 Å². The summed E-state index contributed by atoms with van der Waals surface area (Å²) in [4.78, 5) is 0. The minimum atomic E-state index is 0.415. The Hall–Kier alpha value is -1.24. The Balaban J connectivity index is 2.03. The van der Waals surface area contributed by atoms with Crippen LogP contribution in [0.5, 0.6) is 5.75 Å². The molecule has 0 saturated heterocycles. The van der Waals surface area contributed by atoms with Crippen LogP contribution >= 0.6 is 0 Å². The molecule has 1 aliphatic rings. The van der Waals surface area contributed by atoms with Crippen LogP contribution in [0, 0.1) is 5.41 Å². The van der Waals surface area contributed by atoms with Gasteiger partial charge in [0.25, 0.3) is 0 Å². The van der Waals surface area contributed by atoms with E-state index in [9.17, 15) is 0 Å². The maximum absolute atomic E-state index is 5.16. The third-order valence-electron chi connectivity index (χ3n) is 3.79. The fourth-order valence-corrected chi connectivity index (χ4v) is 2.54. The molecule has 1 heteroatoms. The normalized spacial score (nSPS) is 19.4. The Morgan fingerprint density at radius 3 is 2.29 bits per heavy atom. The molecule has 0 atom stereocenters. The molecular formula is C16H22O. The van der Waals surface area contributed by atoms with Gasteiger partial charge in [0, 0.05) is 0 Å². The fourth-order valence-electron chi connectivity index (χ4n) is 2.54. The lowest BCUT2D eigenvalue weighted by Gasteiger charge is -2.30. The van der Waals surface area contributed by atoms with Crippen LogP contribution < -0.4 is 4.74 Å². The average Bonchev–Trinajstić information content (AvgIpc) is 2.38. The van der Waals surface area contributed by atoms with Gasteiger partial charge in [-0.15, -0.1) is 0 Å². The van der Waals surface area contributed by atoms with Crippen molar-refractivity contribution in [3.8, 4) is 5.75 Å². The Labute approximate surface area is 104 Å². The second-order valence-electron chi connectivity index (χ2n) is 5.32. The summed E-state index contributed by atoms with van der Waals surface area (Å²) in [6, 6.07) is 8.26. The average molecular weight is 230 g/mol. The molecule has 92 valence electrons. The second kappa shape index (κ2) is 5.39. The largest absolute Gasteiger partial charge is 0.497 e. The molecule has 1 aliphatic carbocycles. The van der Waals surface area contributed by atoms with Gasteiger partial charge in [0.1, 0.15) is 5.75 Å². The molecule has 1 aromatic carbocycles. The molecule has 0 spiro atoms. The topological polar surface area (TPSA) is 9.23 Å². The molecular weight excluding hydrogens is 208 g/mol. The first-order valence-electron chi connectivity index (χ1n) is 6.55. The van der Waals surface area contributed by atoms with Crippen molar-refractivity contribution >= 4 is 6.08 Å². The summed E-state index contributed by atoms with van der Waals surface area (Å²) < 4.78 is 5.16. The summed E-state index contributed by atoms with van der Waals surface area (Å²) in [5.74, 6) is 0.922. The first-order chi connectivity index (χ1) is 8.22. The van der Waals surface area contributed by atoms with E-state index in [-0.39, 0.29) is 0 Å². The minimum absolute atomic E-state index is 0.415. The zero-order valence-electron chi connectivity index (χ0n) is 10.9. The number of benzene rings is 1. The maximum atomic E-state index is 5.16. The molecule has 0 amide bonds. The lowest BCUT2D eigenvalue weighted by atomic mass is 9.75. The molecule has 17 heavy (non-hydrogen) atoms. The number of allylic oxidation sites excluding steroid dienone is 1. The molecule has 0 N–H and O–H groups in total. The van der Waals surface area contributed by atoms with Crippen LogP contribution in [0.1, 0.15) is 44.6 Å². The van der Waals surface area contributed by atoms with E-state index in [1.807, 2.05) is 12.1 Å². The highest BCUT2D eigenvalue weighted by molar-refractivity contribution is 5.51. The molecule has 1 saturated carbocycles. The quantitative estimate of drug-likeness (QED) is 0.732. The predicted octanol–water partition coefficient (Wildman–Crippen LogP) is 4.68. The zero-order chi connectivity index (χ0) is 12.1. The van der Waals surface area contributed by atoms with Gasteiger partial charge >= 0.3 is 0 Å². The Kier molecular flexibility index (Phi) is 3.88. The molecule has 1 fully saturated rings. The van der Waals surface area contributed by atoms with E-state index in [4.69, 9.17) is 4.74 Å². The number of rotatable bonds is 3.